The Labute approximate surface area is 269 Å². The maximum Gasteiger partial charge on any atom is 0.242 e. The number of aliphatic hydroxyl groups is 2. The lowest BCUT2D eigenvalue weighted by atomic mass is 9.82. The fraction of sp³-hybridized carbons (Fsp3) is 0.667. The lowest BCUT2D eigenvalue weighted by Gasteiger charge is -2.34. The van der Waals surface area contributed by atoms with Crippen molar-refractivity contribution in [3.05, 3.63) is 35.9 Å². The Kier molecular flexibility index (Phi) is 15.6. The molecule has 9 heteroatoms. The summed E-state index contributed by atoms with van der Waals surface area (Å²) in [7, 11) is 0. The normalized spacial score (nSPS) is 19.1. The number of carbonyl (C=O) groups is 3. The molecule has 1 saturated carbocycles. The van der Waals surface area contributed by atoms with Gasteiger partial charge in [0, 0.05) is 32.1 Å². The average molecular weight is 623 g/mol. The maximum atomic E-state index is 13.9. The highest BCUT2D eigenvalue weighted by atomic mass is 16.3. The summed E-state index contributed by atoms with van der Waals surface area (Å²) >= 11 is 0. The van der Waals surface area contributed by atoms with Gasteiger partial charge in [-0.1, -0.05) is 76.3 Å². The van der Waals surface area contributed by atoms with Gasteiger partial charge in [0.2, 0.25) is 17.7 Å². The van der Waals surface area contributed by atoms with Gasteiger partial charge in [-0.05, 0) is 49.5 Å². The van der Waals surface area contributed by atoms with Gasteiger partial charge >= 0.3 is 0 Å². The first kappa shape index (κ1) is 36.3. The smallest absolute Gasteiger partial charge is 0.242 e. The molecule has 3 amide bonds. The van der Waals surface area contributed by atoms with Gasteiger partial charge in [-0.25, -0.2) is 0 Å². The number of benzene rings is 1. The molecule has 45 heavy (non-hydrogen) atoms. The second-order valence-electron chi connectivity index (χ2n) is 13.2. The minimum atomic E-state index is -1.14. The fourth-order valence-corrected chi connectivity index (χ4v) is 6.46. The molecule has 9 nitrogen and oxygen atoms in total. The first-order valence-electron chi connectivity index (χ1n) is 16.9. The number of hydrogen-bond acceptors (Lipinski definition) is 6. The van der Waals surface area contributed by atoms with Crippen LogP contribution in [0.1, 0.15) is 90.0 Å². The van der Waals surface area contributed by atoms with E-state index in [1.807, 2.05) is 50.4 Å². The molecule has 248 valence electrons. The lowest BCUT2D eigenvalue weighted by molar-refractivity contribution is -0.137. The molecular weight excluding hydrogens is 568 g/mol. The predicted octanol–water partition coefficient (Wildman–Crippen LogP) is 3.66. The third kappa shape index (κ3) is 12.6. The fourth-order valence-electron chi connectivity index (χ4n) is 6.46. The van der Waals surface area contributed by atoms with Crippen molar-refractivity contribution < 1.29 is 24.6 Å². The number of aliphatic imine (C=N–C) groups is 1. The molecule has 1 fully saturated rings. The molecule has 2 aliphatic rings. The van der Waals surface area contributed by atoms with E-state index in [1.54, 1.807) is 4.90 Å². The SMILES string of the molecule is C#CCC[C@H](NC(=O)[C@@H](CC(=O)N1CCC=NCC1)Cc1ccccc1)C(=O)N[C@@H](CC1CCCCC1)[C@@H](O)[C@@H](O)CC(C)C. The van der Waals surface area contributed by atoms with Crippen molar-refractivity contribution >= 4 is 23.9 Å². The summed E-state index contributed by atoms with van der Waals surface area (Å²) in [6.45, 7) is 5.56. The largest absolute Gasteiger partial charge is 0.390 e. The van der Waals surface area contributed by atoms with Crippen molar-refractivity contribution in [1.82, 2.24) is 15.5 Å². The third-order valence-electron chi connectivity index (χ3n) is 9.00. The molecule has 0 saturated heterocycles. The van der Waals surface area contributed by atoms with Crippen molar-refractivity contribution in [2.45, 2.75) is 115 Å². The highest BCUT2D eigenvalue weighted by Gasteiger charge is 2.34. The van der Waals surface area contributed by atoms with Crippen LogP contribution in [-0.4, -0.2) is 83.0 Å². The number of amides is 3. The van der Waals surface area contributed by atoms with Crippen LogP contribution in [0, 0.1) is 30.1 Å². The summed E-state index contributed by atoms with van der Waals surface area (Å²) in [6.07, 6.45) is 13.2. The van der Waals surface area contributed by atoms with Crippen molar-refractivity contribution in [3.8, 4) is 12.3 Å². The van der Waals surface area contributed by atoms with Crippen molar-refractivity contribution in [1.29, 1.82) is 0 Å². The number of aliphatic hydroxyl groups excluding tert-OH is 2. The molecule has 0 aromatic heterocycles. The third-order valence-corrected chi connectivity index (χ3v) is 9.00. The van der Waals surface area contributed by atoms with E-state index in [0.29, 0.717) is 51.2 Å². The monoisotopic (exact) mass is 622 g/mol. The molecule has 1 aromatic rings. The van der Waals surface area contributed by atoms with Gasteiger partial charge < -0.3 is 25.7 Å². The van der Waals surface area contributed by atoms with Gasteiger partial charge in [0.15, 0.2) is 0 Å². The molecule has 1 aliphatic carbocycles. The van der Waals surface area contributed by atoms with Crippen molar-refractivity contribution in [2.75, 3.05) is 19.6 Å². The van der Waals surface area contributed by atoms with Crippen LogP contribution in [0.2, 0.25) is 0 Å². The number of nitrogens with one attached hydrogen (secondary N) is 2. The first-order valence-corrected chi connectivity index (χ1v) is 16.9. The Morgan fingerprint density at radius 1 is 1.04 bits per heavy atom. The molecule has 5 atom stereocenters. The van der Waals surface area contributed by atoms with Gasteiger partial charge in [0.1, 0.15) is 12.1 Å². The minimum Gasteiger partial charge on any atom is -0.390 e. The number of hydrogen-bond donors (Lipinski definition) is 4. The molecule has 1 heterocycles. The summed E-state index contributed by atoms with van der Waals surface area (Å²) < 4.78 is 0. The van der Waals surface area contributed by atoms with Crippen molar-refractivity contribution in [3.63, 3.8) is 0 Å². The van der Waals surface area contributed by atoms with Crippen LogP contribution in [0.5, 0.6) is 0 Å². The second-order valence-corrected chi connectivity index (χ2v) is 13.2. The zero-order valence-corrected chi connectivity index (χ0v) is 27.2. The number of nitrogens with zero attached hydrogens (tertiary/aromatic N) is 2. The molecular formula is C36H54N4O5. The Morgan fingerprint density at radius 2 is 1.78 bits per heavy atom. The molecule has 0 bridgehead atoms. The van der Waals surface area contributed by atoms with Gasteiger partial charge in [-0.15, -0.1) is 12.3 Å². The summed E-state index contributed by atoms with van der Waals surface area (Å²) in [5.41, 5.74) is 0.920. The lowest BCUT2D eigenvalue weighted by Crippen LogP contribution is -2.56. The number of carbonyl (C=O) groups excluding carboxylic acids is 3. The molecule has 0 spiro atoms. The summed E-state index contributed by atoms with van der Waals surface area (Å²) in [4.78, 5) is 47.0. The van der Waals surface area contributed by atoms with Crippen LogP contribution < -0.4 is 10.6 Å². The van der Waals surface area contributed by atoms with Gasteiger partial charge in [-0.3, -0.25) is 19.4 Å². The summed E-state index contributed by atoms with van der Waals surface area (Å²) in [5, 5.41) is 27.9. The molecule has 4 N–H and O–H groups in total. The summed E-state index contributed by atoms with van der Waals surface area (Å²) in [5.74, 6) is 1.45. The van der Waals surface area contributed by atoms with Crippen LogP contribution in [-0.2, 0) is 20.8 Å². The zero-order valence-electron chi connectivity index (χ0n) is 27.2. The number of terminal acetylenes is 1. The molecule has 3 rings (SSSR count). The van der Waals surface area contributed by atoms with Crippen LogP contribution >= 0.6 is 0 Å². The Hall–Kier alpha value is -3.22. The molecule has 0 unspecified atom stereocenters. The first-order chi connectivity index (χ1) is 21.7. The van der Waals surface area contributed by atoms with E-state index in [2.05, 4.69) is 21.5 Å². The molecule has 1 aromatic carbocycles. The van der Waals surface area contributed by atoms with Crippen LogP contribution in [0.4, 0.5) is 0 Å². The van der Waals surface area contributed by atoms with E-state index < -0.39 is 36.1 Å². The van der Waals surface area contributed by atoms with E-state index in [1.165, 1.54) is 6.42 Å². The van der Waals surface area contributed by atoms with Gasteiger partial charge in [-0.2, -0.15) is 0 Å². The van der Waals surface area contributed by atoms with Gasteiger partial charge in [0.25, 0.3) is 0 Å². The Bertz CT molecular complexity index is 1120. The quantitative estimate of drug-likeness (QED) is 0.209. The van der Waals surface area contributed by atoms with E-state index in [4.69, 9.17) is 6.42 Å². The van der Waals surface area contributed by atoms with Gasteiger partial charge in [0.05, 0.1) is 24.6 Å². The number of rotatable bonds is 16. The van der Waals surface area contributed by atoms with E-state index in [9.17, 15) is 24.6 Å². The predicted molar refractivity (Wildman–Crippen MR) is 177 cm³/mol. The second kappa shape index (κ2) is 19.3. The Balaban J connectivity index is 1.77. The highest BCUT2D eigenvalue weighted by molar-refractivity contribution is 5.91. The van der Waals surface area contributed by atoms with E-state index in [-0.39, 0.29) is 37.0 Å². The van der Waals surface area contributed by atoms with Crippen LogP contribution in [0.15, 0.2) is 35.3 Å². The maximum absolute atomic E-state index is 13.9. The average Bonchev–Trinajstić information content (AvgIpc) is 3.32. The van der Waals surface area contributed by atoms with E-state index >= 15 is 0 Å². The Morgan fingerprint density at radius 3 is 2.47 bits per heavy atom. The van der Waals surface area contributed by atoms with E-state index in [0.717, 1.165) is 31.2 Å². The summed E-state index contributed by atoms with van der Waals surface area (Å²) in [6, 6.07) is 7.93. The molecule has 0 radical (unpaired) electrons. The minimum absolute atomic E-state index is 0.00855. The standard InChI is InChI=1S/C36H54N4O5/c1-4-5-17-30(36(45)39-31(24-28-15-10-7-11-16-28)34(43)32(41)22-26(2)3)38-35(44)29(23-27-13-8-6-9-14-27)25-33(42)40-20-12-18-37-19-21-40/h1,6,8-9,13-14,18,26,28-32,34,41,43H,5,7,10-12,15-17,19-25H2,2-3H3,(H,38,44)(H,39,45)/t29-,30+,31+,32+,34-/m1/s1. The van der Waals surface area contributed by atoms with Crippen LogP contribution in [0.25, 0.3) is 0 Å². The molecule has 1 aliphatic heterocycles. The topological polar surface area (TPSA) is 131 Å². The highest BCUT2D eigenvalue weighted by Crippen LogP contribution is 2.29. The van der Waals surface area contributed by atoms with Crippen molar-refractivity contribution in [2.24, 2.45) is 22.7 Å². The van der Waals surface area contributed by atoms with Crippen LogP contribution in [0.3, 0.4) is 0 Å². The zero-order chi connectivity index (χ0) is 32.6.